The van der Waals surface area contributed by atoms with E-state index in [1.165, 1.54) is 4.68 Å². The summed E-state index contributed by atoms with van der Waals surface area (Å²) >= 11 is 1.54. The molecule has 0 aliphatic heterocycles. The molecule has 4 rings (SSSR count). The SMILES string of the molecule is Cc1cc(C)cc(NC(=O)/C(=C/c2cccs2)n2nnnc2-c2ccccc2)c1. The Kier molecular flexibility index (Phi) is 5.31. The Hall–Kier alpha value is -3.58. The summed E-state index contributed by atoms with van der Waals surface area (Å²) < 4.78 is 1.48. The van der Waals surface area contributed by atoms with Gasteiger partial charge < -0.3 is 5.32 Å². The predicted molar refractivity (Wildman–Crippen MR) is 116 cm³/mol. The van der Waals surface area contributed by atoms with Crippen LogP contribution >= 0.6 is 11.3 Å². The van der Waals surface area contributed by atoms with Crippen LogP contribution in [0.4, 0.5) is 5.69 Å². The van der Waals surface area contributed by atoms with Crippen molar-refractivity contribution in [3.63, 3.8) is 0 Å². The monoisotopic (exact) mass is 401 g/mol. The summed E-state index contributed by atoms with van der Waals surface area (Å²) in [5, 5.41) is 17.0. The second-order valence-corrected chi connectivity index (χ2v) is 7.64. The maximum atomic E-state index is 13.3. The molecule has 0 aliphatic rings. The Morgan fingerprint density at radius 2 is 1.79 bits per heavy atom. The van der Waals surface area contributed by atoms with Crippen molar-refractivity contribution < 1.29 is 4.79 Å². The maximum absolute atomic E-state index is 13.3. The zero-order chi connectivity index (χ0) is 20.2. The first kappa shape index (κ1) is 18.8. The highest BCUT2D eigenvalue weighted by molar-refractivity contribution is 7.10. The topological polar surface area (TPSA) is 72.7 Å². The minimum Gasteiger partial charge on any atom is -0.321 e. The number of thiophene rings is 1. The van der Waals surface area contributed by atoms with Crippen LogP contribution in [0, 0.1) is 13.8 Å². The summed E-state index contributed by atoms with van der Waals surface area (Å²) in [6.07, 6.45) is 1.80. The van der Waals surface area contributed by atoms with E-state index in [0.717, 1.165) is 27.3 Å². The van der Waals surface area contributed by atoms with Gasteiger partial charge in [0.2, 0.25) is 0 Å². The molecule has 1 amide bonds. The number of hydrogen-bond acceptors (Lipinski definition) is 5. The van der Waals surface area contributed by atoms with Crippen molar-refractivity contribution in [2.75, 3.05) is 5.32 Å². The Morgan fingerprint density at radius 3 is 2.48 bits per heavy atom. The van der Waals surface area contributed by atoms with Gasteiger partial charge in [-0.25, -0.2) is 0 Å². The molecular formula is C22H19N5OS. The molecule has 2 heterocycles. The van der Waals surface area contributed by atoms with Crippen LogP contribution in [0.25, 0.3) is 23.2 Å². The third kappa shape index (κ3) is 4.30. The van der Waals surface area contributed by atoms with E-state index in [-0.39, 0.29) is 5.91 Å². The highest BCUT2D eigenvalue weighted by Crippen LogP contribution is 2.23. The maximum Gasteiger partial charge on any atom is 0.274 e. The standard InChI is InChI=1S/C22H19N5OS/c1-15-11-16(2)13-18(12-15)23-22(28)20(14-19-9-6-10-29-19)27-21(24-25-26-27)17-7-4-3-5-8-17/h3-14H,1-2H3,(H,23,28)/b20-14-. The van der Waals surface area contributed by atoms with Crippen molar-refractivity contribution >= 4 is 34.7 Å². The Balaban J connectivity index is 1.76. The number of anilines is 1. The fourth-order valence-corrected chi connectivity index (χ4v) is 3.74. The number of carbonyl (C=O) groups is 1. The molecule has 0 atom stereocenters. The van der Waals surface area contributed by atoms with Crippen molar-refractivity contribution in [1.29, 1.82) is 0 Å². The predicted octanol–water partition coefficient (Wildman–Crippen LogP) is 4.66. The summed E-state index contributed by atoms with van der Waals surface area (Å²) in [4.78, 5) is 14.2. The minimum absolute atomic E-state index is 0.284. The lowest BCUT2D eigenvalue weighted by molar-refractivity contribution is -0.111. The average Bonchev–Trinajstić information content (AvgIpc) is 3.38. The summed E-state index contributed by atoms with van der Waals surface area (Å²) in [6.45, 7) is 4.00. The number of hydrogen-bond donors (Lipinski definition) is 1. The molecule has 2 aromatic carbocycles. The number of aryl methyl sites for hydroxylation is 2. The smallest absolute Gasteiger partial charge is 0.274 e. The molecular weight excluding hydrogens is 382 g/mol. The normalized spacial score (nSPS) is 11.4. The van der Waals surface area contributed by atoms with E-state index in [2.05, 4.69) is 26.9 Å². The second-order valence-electron chi connectivity index (χ2n) is 6.66. The minimum atomic E-state index is -0.284. The molecule has 0 spiro atoms. The molecule has 0 saturated heterocycles. The van der Waals surface area contributed by atoms with E-state index < -0.39 is 0 Å². The molecule has 0 radical (unpaired) electrons. The van der Waals surface area contributed by atoms with E-state index in [1.807, 2.05) is 73.8 Å². The number of nitrogens with zero attached hydrogens (tertiary/aromatic N) is 4. The summed E-state index contributed by atoms with van der Waals surface area (Å²) in [7, 11) is 0. The number of amides is 1. The number of benzene rings is 2. The quantitative estimate of drug-likeness (QED) is 0.494. The zero-order valence-corrected chi connectivity index (χ0v) is 16.9. The Labute approximate surface area is 172 Å². The van der Waals surface area contributed by atoms with Crippen molar-refractivity contribution in [1.82, 2.24) is 20.2 Å². The van der Waals surface area contributed by atoms with Crippen molar-refractivity contribution in [2.45, 2.75) is 13.8 Å². The van der Waals surface area contributed by atoms with E-state index in [9.17, 15) is 4.79 Å². The van der Waals surface area contributed by atoms with Gasteiger partial charge in [-0.15, -0.1) is 16.4 Å². The van der Waals surface area contributed by atoms with E-state index >= 15 is 0 Å². The molecule has 0 fully saturated rings. The molecule has 1 N–H and O–H groups in total. The first-order valence-electron chi connectivity index (χ1n) is 9.09. The number of rotatable bonds is 5. The number of aromatic nitrogens is 4. The molecule has 0 saturated carbocycles. The van der Waals surface area contributed by atoms with Crippen molar-refractivity contribution in [3.05, 3.63) is 82.0 Å². The summed E-state index contributed by atoms with van der Waals surface area (Å²) in [5.41, 5.74) is 4.07. The average molecular weight is 401 g/mol. The lowest BCUT2D eigenvalue weighted by Crippen LogP contribution is -2.19. The molecule has 29 heavy (non-hydrogen) atoms. The highest BCUT2D eigenvalue weighted by Gasteiger charge is 2.19. The van der Waals surface area contributed by atoms with Gasteiger partial charge in [0.1, 0.15) is 5.70 Å². The van der Waals surface area contributed by atoms with Gasteiger partial charge >= 0.3 is 0 Å². The fraction of sp³-hybridized carbons (Fsp3) is 0.0909. The molecule has 7 heteroatoms. The van der Waals surface area contributed by atoms with Gasteiger partial charge in [0.05, 0.1) is 0 Å². The van der Waals surface area contributed by atoms with Crippen LogP contribution in [-0.2, 0) is 4.79 Å². The molecule has 0 unspecified atom stereocenters. The second kappa shape index (κ2) is 8.20. The summed E-state index contributed by atoms with van der Waals surface area (Å²) in [5.74, 6) is 0.219. The first-order valence-corrected chi connectivity index (χ1v) is 9.97. The van der Waals surface area contributed by atoms with Gasteiger partial charge in [0, 0.05) is 16.1 Å². The van der Waals surface area contributed by atoms with E-state index in [4.69, 9.17) is 0 Å². The number of carbonyl (C=O) groups excluding carboxylic acids is 1. The third-order valence-corrected chi connectivity index (χ3v) is 5.08. The van der Waals surface area contributed by atoms with E-state index in [0.29, 0.717) is 11.5 Å². The molecule has 0 bridgehead atoms. The van der Waals surface area contributed by atoms with Crippen molar-refractivity contribution in [2.24, 2.45) is 0 Å². The van der Waals surface area contributed by atoms with Crippen LogP contribution in [-0.4, -0.2) is 26.1 Å². The van der Waals surface area contributed by atoms with Crippen LogP contribution in [0.15, 0.2) is 66.0 Å². The van der Waals surface area contributed by atoms with Crippen molar-refractivity contribution in [3.8, 4) is 11.4 Å². The molecule has 144 valence electrons. The molecule has 0 aliphatic carbocycles. The van der Waals surface area contributed by atoms with Gasteiger partial charge in [-0.2, -0.15) is 4.68 Å². The highest BCUT2D eigenvalue weighted by atomic mass is 32.1. The van der Waals surface area contributed by atoms with Crippen LogP contribution in [0.5, 0.6) is 0 Å². The molecule has 2 aromatic heterocycles. The van der Waals surface area contributed by atoms with Crippen LogP contribution in [0.1, 0.15) is 16.0 Å². The third-order valence-electron chi connectivity index (χ3n) is 4.26. The number of tetrazole rings is 1. The van der Waals surface area contributed by atoms with Crippen LogP contribution in [0.3, 0.4) is 0 Å². The zero-order valence-electron chi connectivity index (χ0n) is 16.0. The van der Waals surface area contributed by atoms with Gasteiger partial charge in [-0.05, 0) is 65.1 Å². The fourth-order valence-electron chi connectivity index (χ4n) is 3.09. The van der Waals surface area contributed by atoms with E-state index in [1.54, 1.807) is 17.4 Å². The van der Waals surface area contributed by atoms with Crippen LogP contribution < -0.4 is 5.32 Å². The Bertz CT molecular complexity index is 1140. The number of nitrogens with one attached hydrogen (secondary N) is 1. The van der Waals surface area contributed by atoms with Gasteiger partial charge in [0.15, 0.2) is 5.82 Å². The molecule has 4 aromatic rings. The first-order chi connectivity index (χ1) is 14.1. The summed E-state index contributed by atoms with van der Waals surface area (Å²) in [6, 6.07) is 19.4. The van der Waals surface area contributed by atoms with Crippen LogP contribution in [0.2, 0.25) is 0 Å². The largest absolute Gasteiger partial charge is 0.321 e. The lowest BCUT2D eigenvalue weighted by atomic mass is 10.1. The lowest BCUT2D eigenvalue weighted by Gasteiger charge is -2.11. The van der Waals surface area contributed by atoms with Gasteiger partial charge in [-0.1, -0.05) is 42.5 Å². The van der Waals surface area contributed by atoms with Gasteiger partial charge in [-0.3, -0.25) is 4.79 Å². The van der Waals surface area contributed by atoms with Gasteiger partial charge in [0.25, 0.3) is 5.91 Å². The molecule has 6 nitrogen and oxygen atoms in total. The Morgan fingerprint density at radius 1 is 1.03 bits per heavy atom.